The van der Waals surface area contributed by atoms with Crippen molar-refractivity contribution in [1.82, 2.24) is 0 Å². The van der Waals surface area contributed by atoms with Crippen LogP contribution in [0, 0.1) is 11.3 Å². The van der Waals surface area contributed by atoms with Gasteiger partial charge in [0.1, 0.15) is 11.6 Å². The lowest BCUT2D eigenvalue weighted by molar-refractivity contribution is -0.112. The van der Waals surface area contributed by atoms with Crippen molar-refractivity contribution in [2.45, 2.75) is 26.7 Å². The summed E-state index contributed by atoms with van der Waals surface area (Å²) < 4.78 is 0. The quantitative estimate of drug-likeness (QED) is 0.510. The number of benzene rings is 2. The molecule has 0 fully saturated rings. The minimum atomic E-state index is -1.05. The second-order valence-corrected chi connectivity index (χ2v) is 5.81. The van der Waals surface area contributed by atoms with E-state index in [1.54, 1.807) is 0 Å². The van der Waals surface area contributed by atoms with Crippen molar-refractivity contribution in [3.8, 4) is 6.07 Å². The number of carbonyl (C=O) groups is 2. The molecule has 0 saturated heterocycles. The van der Waals surface area contributed by atoms with E-state index in [-0.39, 0.29) is 11.1 Å². The van der Waals surface area contributed by atoms with Crippen molar-refractivity contribution >= 4 is 23.3 Å². The molecule has 0 aliphatic carbocycles. The van der Waals surface area contributed by atoms with Crippen molar-refractivity contribution in [3.63, 3.8) is 0 Å². The summed E-state index contributed by atoms with van der Waals surface area (Å²) in [4.78, 5) is 23.2. The maximum Gasteiger partial charge on any atom is 0.335 e. The number of nitrogens with one attached hydrogen (secondary N) is 2. The zero-order chi connectivity index (χ0) is 19.8. The molecule has 2 aromatic carbocycles. The summed E-state index contributed by atoms with van der Waals surface area (Å²) in [6.45, 7) is 4.09. The highest BCUT2D eigenvalue weighted by Gasteiger charge is 2.11. The molecule has 0 aliphatic heterocycles. The van der Waals surface area contributed by atoms with Crippen LogP contribution < -0.4 is 10.6 Å². The number of nitrogens with zero attached hydrogens (tertiary/aromatic N) is 1. The van der Waals surface area contributed by atoms with E-state index in [0.717, 1.165) is 29.7 Å². The molecule has 0 bridgehead atoms. The average molecular weight is 363 g/mol. The van der Waals surface area contributed by atoms with E-state index in [1.165, 1.54) is 30.5 Å². The van der Waals surface area contributed by atoms with Gasteiger partial charge in [-0.25, -0.2) is 4.79 Å². The highest BCUT2D eigenvalue weighted by atomic mass is 16.4. The van der Waals surface area contributed by atoms with Crippen LogP contribution in [0.15, 0.2) is 54.2 Å². The van der Waals surface area contributed by atoms with Crippen LogP contribution in [0.2, 0.25) is 0 Å². The fraction of sp³-hybridized carbons (Fsp3) is 0.190. The normalized spacial score (nSPS) is 10.8. The molecular weight excluding hydrogens is 342 g/mol. The van der Waals surface area contributed by atoms with Crippen molar-refractivity contribution < 1.29 is 14.7 Å². The van der Waals surface area contributed by atoms with Crippen LogP contribution in [0.1, 0.15) is 35.3 Å². The highest BCUT2D eigenvalue weighted by Crippen LogP contribution is 2.23. The van der Waals surface area contributed by atoms with Crippen LogP contribution in [0.4, 0.5) is 11.4 Å². The molecule has 6 nitrogen and oxygen atoms in total. The Hall–Kier alpha value is -3.59. The van der Waals surface area contributed by atoms with Gasteiger partial charge in [0.2, 0.25) is 0 Å². The monoisotopic (exact) mass is 363 g/mol. The van der Waals surface area contributed by atoms with E-state index in [1.807, 2.05) is 38.1 Å². The summed E-state index contributed by atoms with van der Waals surface area (Å²) in [5, 5.41) is 23.9. The fourth-order valence-corrected chi connectivity index (χ4v) is 2.62. The highest BCUT2D eigenvalue weighted by molar-refractivity contribution is 6.06. The molecule has 0 saturated carbocycles. The second kappa shape index (κ2) is 9.20. The Labute approximate surface area is 158 Å². The molecule has 0 aliphatic rings. The Bertz CT molecular complexity index is 887. The Balaban J connectivity index is 2.18. The first kappa shape index (κ1) is 19.7. The molecule has 27 heavy (non-hydrogen) atoms. The lowest BCUT2D eigenvalue weighted by Gasteiger charge is -2.13. The van der Waals surface area contributed by atoms with E-state index in [2.05, 4.69) is 10.6 Å². The van der Waals surface area contributed by atoms with Crippen LogP contribution >= 0.6 is 0 Å². The predicted octanol–water partition coefficient (Wildman–Crippen LogP) is 3.97. The minimum absolute atomic E-state index is 0.0785. The van der Waals surface area contributed by atoms with Gasteiger partial charge in [-0.2, -0.15) is 5.26 Å². The van der Waals surface area contributed by atoms with Crippen LogP contribution in [-0.4, -0.2) is 17.0 Å². The molecular formula is C21H21N3O3. The molecule has 2 aromatic rings. The summed E-state index contributed by atoms with van der Waals surface area (Å²) >= 11 is 0. The number of hydrogen-bond donors (Lipinski definition) is 3. The fourth-order valence-electron chi connectivity index (χ4n) is 2.62. The molecule has 0 aromatic heterocycles. The third-order valence-electron chi connectivity index (χ3n) is 4.11. The topological polar surface area (TPSA) is 102 Å². The van der Waals surface area contributed by atoms with E-state index in [0.29, 0.717) is 5.69 Å². The predicted molar refractivity (Wildman–Crippen MR) is 105 cm³/mol. The van der Waals surface area contributed by atoms with Gasteiger partial charge in [0.25, 0.3) is 5.91 Å². The molecule has 6 heteroatoms. The van der Waals surface area contributed by atoms with Gasteiger partial charge in [0.15, 0.2) is 0 Å². The number of aromatic carboxylic acids is 1. The zero-order valence-electron chi connectivity index (χ0n) is 15.2. The van der Waals surface area contributed by atoms with Crippen molar-refractivity contribution in [1.29, 1.82) is 5.26 Å². The van der Waals surface area contributed by atoms with E-state index in [4.69, 9.17) is 5.11 Å². The summed E-state index contributed by atoms with van der Waals surface area (Å²) in [6.07, 6.45) is 3.05. The minimum Gasteiger partial charge on any atom is -0.478 e. The van der Waals surface area contributed by atoms with Gasteiger partial charge in [-0.15, -0.1) is 0 Å². The van der Waals surface area contributed by atoms with Gasteiger partial charge in [-0.1, -0.05) is 32.0 Å². The summed E-state index contributed by atoms with van der Waals surface area (Å²) in [5.41, 5.74) is 3.57. The number of carbonyl (C=O) groups excluding carboxylic acids is 1. The Kier molecular flexibility index (Phi) is 6.73. The molecule has 0 radical (unpaired) electrons. The maximum absolute atomic E-state index is 12.3. The molecule has 138 valence electrons. The van der Waals surface area contributed by atoms with Crippen LogP contribution in [0.25, 0.3) is 0 Å². The van der Waals surface area contributed by atoms with Gasteiger partial charge in [0.05, 0.1) is 5.56 Å². The smallest absolute Gasteiger partial charge is 0.335 e. The van der Waals surface area contributed by atoms with Crippen LogP contribution in [-0.2, 0) is 17.6 Å². The van der Waals surface area contributed by atoms with Crippen LogP contribution in [0.3, 0.4) is 0 Å². The Morgan fingerprint density at radius 3 is 2.15 bits per heavy atom. The largest absolute Gasteiger partial charge is 0.478 e. The maximum atomic E-state index is 12.3. The SMILES string of the molecule is CCc1cccc(CC)c1N/C=C(/C#N)C(=O)Nc1ccc(C(=O)O)cc1. The van der Waals surface area contributed by atoms with Crippen molar-refractivity contribution in [2.24, 2.45) is 0 Å². The first-order chi connectivity index (χ1) is 13.0. The summed E-state index contributed by atoms with van der Waals surface area (Å²) in [7, 11) is 0. The molecule has 0 atom stereocenters. The number of rotatable bonds is 7. The molecule has 0 spiro atoms. The van der Waals surface area contributed by atoms with Crippen LogP contribution in [0.5, 0.6) is 0 Å². The zero-order valence-corrected chi connectivity index (χ0v) is 15.2. The standard InChI is InChI=1S/C21H21N3O3/c1-3-14-6-5-7-15(4-2)19(14)23-13-17(12-22)20(25)24-18-10-8-16(9-11-18)21(26)27/h5-11,13,23H,3-4H2,1-2H3,(H,24,25)(H,26,27)/b17-13-. The number of aryl methyl sites for hydroxylation is 2. The number of amides is 1. The van der Waals surface area contributed by atoms with Gasteiger partial charge in [-0.05, 0) is 48.2 Å². The Morgan fingerprint density at radius 1 is 1.07 bits per heavy atom. The first-order valence-corrected chi connectivity index (χ1v) is 8.62. The summed E-state index contributed by atoms with van der Waals surface area (Å²) in [5.74, 6) is -1.61. The van der Waals surface area contributed by atoms with Gasteiger partial charge >= 0.3 is 5.97 Å². The second-order valence-electron chi connectivity index (χ2n) is 5.81. The number of nitriles is 1. The Morgan fingerprint density at radius 2 is 1.67 bits per heavy atom. The van der Waals surface area contributed by atoms with Gasteiger partial charge < -0.3 is 15.7 Å². The number of para-hydroxylation sites is 1. The summed E-state index contributed by atoms with van der Waals surface area (Å²) in [6, 6.07) is 13.6. The number of hydrogen-bond acceptors (Lipinski definition) is 4. The molecule has 1 amide bonds. The molecule has 0 unspecified atom stereocenters. The van der Waals surface area contributed by atoms with Gasteiger partial charge in [-0.3, -0.25) is 4.79 Å². The third-order valence-corrected chi connectivity index (χ3v) is 4.11. The number of anilines is 2. The van der Waals surface area contributed by atoms with E-state index >= 15 is 0 Å². The van der Waals surface area contributed by atoms with E-state index in [9.17, 15) is 14.9 Å². The molecule has 2 rings (SSSR count). The lowest BCUT2D eigenvalue weighted by atomic mass is 10.0. The number of carboxylic acid groups (broad SMARTS) is 1. The van der Waals surface area contributed by atoms with E-state index < -0.39 is 11.9 Å². The lowest BCUT2D eigenvalue weighted by Crippen LogP contribution is -2.15. The average Bonchev–Trinajstić information content (AvgIpc) is 2.68. The van der Waals surface area contributed by atoms with Crippen molar-refractivity contribution in [2.75, 3.05) is 10.6 Å². The van der Waals surface area contributed by atoms with Gasteiger partial charge in [0, 0.05) is 17.6 Å². The molecule has 3 N–H and O–H groups in total. The third kappa shape index (κ3) is 4.95. The first-order valence-electron chi connectivity index (χ1n) is 8.62. The number of carboxylic acids is 1. The molecule has 0 heterocycles. The van der Waals surface area contributed by atoms with Crippen molar-refractivity contribution in [3.05, 3.63) is 70.9 Å².